The van der Waals surface area contributed by atoms with Gasteiger partial charge in [-0.1, -0.05) is 6.92 Å². The van der Waals surface area contributed by atoms with Crippen molar-refractivity contribution < 1.29 is 8.42 Å². The number of likely N-dealkylation sites (N-methyl/N-ethyl adjacent to an activating group) is 1. The monoisotopic (exact) mass is 303 g/mol. The molecule has 116 valence electrons. The summed E-state index contributed by atoms with van der Waals surface area (Å²) >= 11 is 0. The van der Waals surface area contributed by atoms with Crippen molar-refractivity contribution in [3.05, 3.63) is 11.8 Å². The molecule has 8 heteroatoms. The maximum absolute atomic E-state index is 12.7. The van der Waals surface area contributed by atoms with Crippen LogP contribution >= 0.6 is 0 Å². The van der Waals surface area contributed by atoms with Crippen LogP contribution in [-0.4, -0.2) is 68.6 Å². The number of nitrogens with one attached hydrogen (secondary N) is 2. The Hall–Kier alpha value is -0.960. The van der Waals surface area contributed by atoms with Gasteiger partial charge < -0.3 is 10.2 Å². The summed E-state index contributed by atoms with van der Waals surface area (Å²) in [6.07, 6.45) is 2.33. The molecule has 0 fully saturated rings. The Balaban J connectivity index is 2.99. The first-order valence-corrected chi connectivity index (χ1v) is 8.19. The molecule has 0 aliphatic carbocycles. The predicted molar refractivity (Wildman–Crippen MR) is 79.0 cm³/mol. The van der Waals surface area contributed by atoms with Gasteiger partial charge >= 0.3 is 0 Å². The van der Waals surface area contributed by atoms with E-state index in [1.807, 2.05) is 25.9 Å². The van der Waals surface area contributed by atoms with Gasteiger partial charge in [0.1, 0.15) is 0 Å². The van der Waals surface area contributed by atoms with E-state index in [4.69, 9.17) is 0 Å². The molecule has 0 saturated carbocycles. The van der Waals surface area contributed by atoms with Gasteiger partial charge in [-0.25, -0.2) is 8.42 Å². The highest BCUT2D eigenvalue weighted by Crippen LogP contribution is 2.17. The lowest BCUT2D eigenvalue weighted by molar-refractivity contribution is 0.332. The first-order valence-electron chi connectivity index (χ1n) is 6.75. The van der Waals surface area contributed by atoms with Gasteiger partial charge in [-0.15, -0.1) is 0 Å². The summed E-state index contributed by atoms with van der Waals surface area (Å²) in [7, 11) is 2.12. The largest absolute Gasteiger partial charge is 0.316 e. The van der Waals surface area contributed by atoms with Crippen LogP contribution in [0.4, 0.5) is 0 Å². The molecule has 0 aliphatic rings. The molecule has 0 bridgehead atoms. The minimum absolute atomic E-state index is 0.194. The van der Waals surface area contributed by atoms with Gasteiger partial charge in [-0.05, 0) is 27.6 Å². The van der Waals surface area contributed by atoms with Gasteiger partial charge in [0.05, 0.1) is 6.20 Å². The Labute approximate surface area is 121 Å². The number of aromatic amines is 1. The van der Waals surface area contributed by atoms with E-state index in [9.17, 15) is 8.42 Å². The number of hydrogen-bond acceptors (Lipinski definition) is 5. The van der Waals surface area contributed by atoms with E-state index in [0.29, 0.717) is 31.7 Å². The Morgan fingerprint density at radius 2 is 2.00 bits per heavy atom. The zero-order valence-electron chi connectivity index (χ0n) is 12.7. The van der Waals surface area contributed by atoms with Crippen LogP contribution in [0.5, 0.6) is 0 Å². The van der Waals surface area contributed by atoms with Crippen LogP contribution in [-0.2, 0) is 16.6 Å². The maximum Gasteiger partial charge on any atom is 0.260 e. The van der Waals surface area contributed by atoms with Crippen LogP contribution in [0.15, 0.2) is 11.2 Å². The zero-order valence-corrected chi connectivity index (χ0v) is 13.5. The summed E-state index contributed by atoms with van der Waals surface area (Å²) in [6.45, 7) is 4.11. The molecule has 1 aromatic heterocycles. The lowest BCUT2D eigenvalue weighted by Gasteiger charge is -2.23. The zero-order chi connectivity index (χ0) is 15.2. The molecule has 1 rings (SSSR count). The lowest BCUT2D eigenvalue weighted by Crippen LogP contribution is -2.37. The minimum Gasteiger partial charge on any atom is -0.316 e. The van der Waals surface area contributed by atoms with Gasteiger partial charge in [0, 0.05) is 31.7 Å². The molecule has 1 aromatic rings. The highest BCUT2D eigenvalue weighted by Gasteiger charge is 2.27. The van der Waals surface area contributed by atoms with Crippen molar-refractivity contribution in [2.45, 2.75) is 24.9 Å². The summed E-state index contributed by atoms with van der Waals surface area (Å²) in [5.74, 6) is 0. The summed E-state index contributed by atoms with van der Waals surface area (Å²) in [6, 6.07) is 0. The van der Waals surface area contributed by atoms with E-state index in [2.05, 4.69) is 15.5 Å². The Kier molecular flexibility index (Phi) is 6.60. The lowest BCUT2D eigenvalue weighted by atomic mass is 10.4. The van der Waals surface area contributed by atoms with E-state index < -0.39 is 10.0 Å². The summed E-state index contributed by atoms with van der Waals surface area (Å²) in [5.41, 5.74) is 0.665. The molecule has 0 aromatic carbocycles. The molecule has 0 amide bonds. The second-order valence-corrected chi connectivity index (χ2v) is 6.84. The van der Waals surface area contributed by atoms with Gasteiger partial charge in [-0.2, -0.15) is 9.40 Å². The topological polar surface area (TPSA) is 81.3 Å². The average Bonchev–Trinajstić information content (AvgIpc) is 2.83. The van der Waals surface area contributed by atoms with Crippen LogP contribution in [0.1, 0.15) is 18.9 Å². The van der Waals surface area contributed by atoms with Crippen LogP contribution in [0, 0.1) is 0 Å². The minimum atomic E-state index is -3.52. The van der Waals surface area contributed by atoms with Crippen molar-refractivity contribution in [1.82, 2.24) is 24.7 Å². The second-order valence-electron chi connectivity index (χ2n) is 4.96. The molecular formula is C12H25N5O2S. The highest BCUT2D eigenvalue weighted by molar-refractivity contribution is 7.89. The SMILES string of the molecule is CCCN(CCN(C)C)S(=O)(=O)c1[nH]ncc1CNC. The third-order valence-electron chi connectivity index (χ3n) is 2.91. The number of nitrogens with zero attached hydrogens (tertiary/aromatic N) is 3. The first kappa shape index (κ1) is 17.1. The van der Waals surface area contributed by atoms with E-state index in [1.54, 1.807) is 13.2 Å². The number of sulfonamides is 1. The predicted octanol–water partition coefficient (Wildman–Crippen LogP) is 0.0914. The fourth-order valence-corrected chi connectivity index (χ4v) is 3.51. The van der Waals surface area contributed by atoms with E-state index in [0.717, 1.165) is 6.42 Å². The van der Waals surface area contributed by atoms with Crippen molar-refractivity contribution in [2.24, 2.45) is 0 Å². The molecule has 0 atom stereocenters. The Bertz CT molecular complexity index is 498. The molecule has 0 aliphatic heterocycles. The van der Waals surface area contributed by atoms with Crippen molar-refractivity contribution in [3.63, 3.8) is 0 Å². The van der Waals surface area contributed by atoms with Crippen molar-refractivity contribution in [1.29, 1.82) is 0 Å². The molecule has 1 heterocycles. The van der Waals surface area contributed by atoms with Crippen LogP contribution in [0.2, 0.25) is 0 Å². The standard InChI is InChI=1S/C12H25N5O2S/c1-5-6-17(8-7-16(3)4)20(18,19)12-11(9-13-2)10-14-15-12/h10,13H,5-9H2,1-4H3,(H,14,15). The van der Waals surface area contributed by atoms with Gasteiger partial charge in [0.2, 0.25) is 0 Å². The smallest absolute Gasteiger partial charge is 0.260 e. The quantitative estimate of drug-likeness (QED) is 0.676. The Morgan fingerprint density at radius 3 is 2.55 bits per heavy atom. The van der Waals surface area contributed by atoms with E-state index in [-0.39, 0.29) is 5.03 Å². The first-order chi connectivity index (χ1) is 9.43. The van der Waals surface area contributed by atoms with E-state index in [1.165, 1.54) is 4.31 Å². The number of rotatable bonds is 9. The number of hydrogen-bond donors (Lipinski definition) is 2. The normalized spacial score (nSPS) is 12.5. The Morgan fingerprint density at radius 1 is 1.30 bits per heavy atom. The molecule has 2 N–H and O–H groups in total. The van der Waals surface area contributed by atoms with Gasteiger partial charge in [-0.3, -0.25) is 5.10 Å². The highest BCUT2D eigenvalue weighted by atomic mass is 32.2. The molecule has 0 spiro atoms. The van der Waals surface area contributed by atoms with Crippen molar-refractivity contribution in [3.8, 4) is 0 Å². The van der Waals surface area contributed by atoms with Crippen LogP contribution in [0.25, 0.3) is 0 Å². The number of aromatic nitrogens is 2. The third kappa shape index (κ3) is 4.27. The summed E-state index contributed by atoms with van der Waals surface area (Å²) in [5, 5.41) is 9.63. The number of H-pyrrole nitrogens is 1. The van der Waals surface area contributed by atoms with Crippen LogP contribution < -0.4 is 5.32 Å². The molecule has 7 nitrogen and oxygen atoms in total. The molecule has 0 unspecified atom stereocenters. The van der Waals surface area contributed by atoms with Crippen LogP contribution in [0.3, 0.4) is 0 Å². The summed E-state index contributed by atoms with van der Waals surface area (Å²) < 4.78 is 26.9. The van der Waals surface area contributed by atoms with Gasteiger partial charge in [0.15, 0.2) is 5.03 Å². The fraction of sp³-hybridized carbons (Fsp3) is 0.750. The molecule has 0 radical (unpaired) electrons. The van der Waals surface area contributed by atoms with Crippen molar-refractivity contribution >= 4 is 10.0 Å². The molecular weight excluding hydrogens is 278 g/mol. The molecule has 0 saturated heterocycles. The maximum atomic E-state index is 12.7. The third-order valence-corrected chi connectivity index (χ3v) is 4.83. The van der Waals surface area contributed by atoms with Crippen molar-refractivity contribution in [2.75, 3.05) is 40.8 Å². The van der Waals surface area contributed by atoms with E-state index >= 15 is 0 Å². The average molecular weight is 303 g/mol. The van der Waals surface area contributed by atoms with Gasteiger partial charge in [0.25, 0.3) is 10.0 Å². The summed E-state index contributed by atoms with van der Waals surface area (Å²) in [4.78, 5) is 1.97. The second kappa shape index (κ2) is 7.72. The molecule has 20 heavy (non-hydrogen) atoms. The fourth-order valence-electron chi connectivity index (χ4n) is 1.88.